The molecule has 2 nitrogen and oxygen atoms in total. The Morgan fingerprint density at radius 1 is 1.17 bits per heavy atom. The van der Waals surface area contributed by atoms with Crippen molar-refractivity contribution in [1.82, 2.24) is 0 Å². The van der Waals surface area contributed by atoms with Crippen LogP contribution < -0.4 is 0 Å². The van der Waals surface area contributed by atoms with Crippen LogP contribution in [-0.4, -0.2) is 11.9 Å². The van der Waals surface area contributed by atoms with E-state index in [2.05, 4.69) is 13.8 Å². The van der Waals surface area contributed by atoms with Crippen LogP contribution in [0.3, 0.4) is 0 Å². The minimum absolute atomic E-state index is 0.0106. The highest BCUT2D eigenvalue weighted by atomic mass is 35.5. The molecule has 4 heteroatoms. The monoisotopic (exact) mass is 288 g/mol. The lowest BCUT2D eigenvalue weighted by Crippen LogP contribution is -2.28. The first-order valence-corrected chi connectivity index (χ1v) is 7.07. The summed E-state index contributed by atoms with van der Waals surface area (Å²) in [6.45, 7) is 6.16. The zero-order chi connectivity index (χ0) is 13.3. The smallest absolute Gasteiger partial charge is 0.169 e. The maximum absolute atomic E-state index is 6.23. The van der Waals surface area contributed by atoms with Gasteiger partial charge >= 0.3 is 0 Å². The summed E-state index contributed by atoms with van der Waals surface area (Å²) in [7, 11) is 0. The lowest BCUT2D eigenvalue weighted by molar-refractivity contribution is -0.178. The van der Waals surface area contributed by atoms with Crippen LogP contribution in [-0.2, 0) is 9.47 Å². The van der Waals surface area contributed by atoms with Crippen LogP contribution in [0.15, 0.2) is 18.2 Å². The van der Waals surface area contributed by atoms with Crippen LogP contribution in [0.25, 0.3) is 0 Å². The second-order valence-electron chi connectivity index (χ2n) is 4.65. The average Bonchev–Trinajstić information content (AvgIpc) is 2.67. The lowest BCUT2D eigenvalue weighted by Gasteiger charge is -2.25. The Morgan fingerprint density at radius 3 is 2.33 bits per heavy atom. The van der Waals surface area contributed by atoms with Crippen LogP contribution in [0.1, 0.15) is 45.3 Å². The summed E-state index contributed by atoms with van der Waals surface area (Å²) in [5.74, 6) is -0.479. The maximum atomic E-state index is 6.23. The Kier molecular flexibility index (Phi) is 4.22. The molecular formula is C14H18Cl2O2. The minimum atomic E-state index is -0.479. The molecule has 0 bridgehead atoms. The van der Waals surface area contributed by atoms with E-state index < -0.39 is 5.79 Å². The molecule has 0 N–H and O–H groups in total. The quantitative estimate of drug-likeness (QED) is 0.780. The molecule has 18 heavy (non-hydrogen) atoms. The molecule has 0 aromatic heterocycles. The third-order valence-corrected chi connectivity index (χ3v) is 4.08. The standard InChI is InChI=1S/C14H18Cl2O2/c1-4-14(5-2)17-9(3)13(18-14)11-7-6-10(15)8-12(11)16/h6-9,13H,4-5H2,1-3H3/t9-,13+/m0/s1. The van der Waals surface area contributed by atoms with Gasteiger partial charge < -0.3 is 9.47 Å². The van der Waals surface area contributed by atoms with E-state index in [-0.39, 0.29) is 12.2 Å². The predicted molar refractivity (Wildman–Crippen MR) is 74.1 cm³/mol. The van der Waals surface area contributed by atoms with Crippen molar-refractivity contribution in [2.45, 2.75) is 51.6 Å². The molecule has 0 saturated carbocycles. The van der Waals surface area contributed by atoms with E-state index in [1.807, 2.05) is 19.1 Å². The van der Waals surface area contributed by atoms with E-state index in [1.165, 1.54) is 0 Å². The van der Waals surface area contributed by atoms with Gasteiger partial charge in [0.05, 0.1) is 6.10 Å². The number of benzene rings is 1. The van der Waals surface area contributed by atoms with Gasteiger partial charge in [0.15, 0.2) is 5.79 Å². The molecule has 1 aliphatic heterocycles. The Labute approximate surface area is 118 Å². The summed E-state index contributed by atoms with van der Waals surface area (Å²) >= 11 is 12.1. The lowest BCUT2D eigenvalue weighted by atomic mass is 10.1. The first-order valence-electron chi connectivity index (χ1n) is 6.32. The van der Waals surface area contributed by atoms with Gasteiger partial charge in [0, 0.05) is 15.6 Å². The fraction of sp³-hybridized carbons (Fsp3) is 0.571. The molecule has 0 unspecified atom stereocenters. The largest absolute Gasteiger partial charge is 0.344 e. The molecule has 1 heterocycles. The number of halogens is 2. The van der Waals surface area contributed by atoms with Gasteiger partial charge in [0.1, 0.15) is 6.10 Å². The molecule has 1 aromatic carbocycles. The molecule has 0 amide bonds. The van der Waals surface area contributed by atoms with Gasteiger partial charge in [-0.15, -0.1) is 0 Å². The fourth-order valence-electron chi connectivity index (χ4n) is 2.39. The SMILES string of the molecule is CCC1(CC)O[C@@H](C)[C@H](c2ccc(Cl)cc2Cl)O1. The highest BCUT2D eigenvalue weighted by molar-refractivity contribution is 6.35. The van der Waals surface area contributed by atoms with Crippen molar-refractivity contribution in [3.05, 3.63) is 33.8 Å². The minimum Gasteiger partial charge on any atom is -0.344 e. The number of rotatable bonds is 3. The summed E-state index contributed by atoms with van der Waals surface area (Å²) < 4.78 is 12.1. The summed E-state index contributed by atoms with van der Waals surface area (Å²) in [5, 5.41) is 1.26. The number of hydrogen-bond donors (Lipinski definition) is 0. The number of hydrogen-bond acceptors (Lipinski definition) is 2. The van der Waals surface area contributed by atoms with Crippen LogP contribution in [0, 0.1) is 0 Å². The molecule has 1 saturated heterocycles. The van der Waals surface area contributed by atoms with E-state index in [1.54, 1.807) is 6.07 Å². The second-order valence-corrected chi connectivity index (χ2v) is 5.49. The van der Waals surface area contributed by atoms with E-state index in [0.717, 1.165) is 18.4 Å². The van der Waals surface area contributed by atoms with Gasteiger partial charge in [-0.05, 0) is 31.9 Å². The van der Waals surface area contributed by atoms with Gasteiger partial charge in [0.2, 0.25) is 0 Å². The molecule has 0 radical (unpaired) electrons. The van der Waals surface area contributed by atoms with Gasteiger partial charge in [0.25, 0.3) is 0 Å². The Morgan fingerprint density at radius 2 is 1.83 bits per heavy atom. The zero-order valence-electron chi connectivity index (χ0n) is 10.9. The average molecular weight is 289 g/mol. The summed E-state index contributed by atoms with van der Waals surface area (Å²) in [5.41, 5.74) is 0.942. The Bertz CT molecular complexity index is 430. The number of ether oxygens (including phenoxy) is 2. The molecule has 1 aromatic rings. The first-order chi connectivity index (χ1) is 8.51. The molecular weight excluding hydrogens is 271 g/mol. The van der Waals surface area contributed by atoms with Crippen LogP contribution in [0.2, 0.25) is 10.0 Å². The summed E-state index contributed by atoms with van der Waals surface area (Å²) in [6.07, 6.45) is 1.52. The molecule has 0 spiro atoms. The van der Waals surface area contributed by atoms with Gasteiger partial charge in [-0.25, -0.2) is 0 Å². The van der Waals surface area contributed by atoms with Crippen molar-refractivity contribution in [1.29, 1.82) is 0 Å². The van der Waals surface area contributed by atoms with Gasteiger partial charge in [-0.3, -0.25) is 0 Å². The van der Waals surface area contributed by atoms with Crippen molar-refractivity contribution in [3.8, 4) is 0 Å². The normalized spacial score (nSPS) is 26.5. The van der Waals surface area contributed by atoms with Crippen molar-refractivity contribution in [2.75, 3.05) is 0 Å². The molecule has 2 rings (SSSR count). The van der Waals surface area contributed by atoms with Gasteiger partial charge in [-0.1, -0.05) is 43.1 Å². The molecule has 100 valence electrons. The van der Waals surface area contributed by atoms with Crippen LogP contribution in [0.5, 0.6) is 0 Å². The van der Waals surface area contributed by atoms with Crippen LogP contribution in [0.4, 0.5) is 0 Å². The zero-order valence-corrected chi connectivity index (χ0v) is 12.4. The van der Waals surface area contributed by atoms with Crippen molar-refractivity contribution in [3.63, 3.8) is 0 Å². The topological polar surface area (TPSA) is 18.5 Å². The first kappa shape index (κ1) is 14.1. The van der Waals surface area contributed by atoms with Crippen LogP contribution >= 0.6 is 23.2 Å². The predicted octanol–water partition coefficient (Wildman–Crippen LogP) is 4.99. The van der Waals surface area contributed by atoms with Crippen molar-refractivity contribution < 1.29 is 9.47 Å². The van der Waals surface area contributed by atoms with E-state index in [9.17, 15) is 0 Å². The summed E-state index contributed by atoms with van der Waals surface area (Å²) in [4.78, 5) is 0. The molecule has 1 fully saturated rings. The molecule has 0 aliphatic carbocycles. The van der Waals surface area contributed by atoms with E-state index in [0.29, 0.717) is 10.0 Å². The maximum Gasteiger partial charge on any atom is 0.169 e. The molecule has 1 aliphatic rings. The third-order valence-electron chi connectivity index (χ3n) is 3.52. The Balaban J connectivity index is 2.29. The highest BCUT2D eigenvalue weighted by Gasteiger charge is 2.44. The van der Waals surface area contributed by atoms with E-state index in [4.69, 9.17) is 32.7 Å². The highest BCUT2D eigenvalue weighted by Crippen LogP contribution is 2.44. The van der Waals surface area contributed by atoms with Crippen molar-refractivity contribution in [2.24, 2.45) is 0 Å². The van der Waals surface area contributed by atoms with E-state index >= 15 is 0 Å². The van der Waals surface area contributed by atoms with Gasteiger partial charge in [-0.2, -0.15) is 0 Å². The fourth-order valence-corrected chi connectivity index (χ4v) is 2.90. The molecule has 2 atom stereocenters. The second kappa shape index (κ2) is 5.38. The Hall–Kier alpha value is -0.280. The van der Waals surface area contributed by atoms with Crippen molar-refractivity contribution >= 4 is 23.2 Å². The summed E-state index contributed by atoms with van der Waals surface area (Å²) in [6, 6.07) is 5.49. The third kappa shape index (κ3) is 2.53.